The Kier molecular flexibility index (Phi) is 5.53. The summed E-state index contributed by atoms with van der Waals surface area (Å²) in [4.78, 5) is 29.8. The normalized spacial score (nSPS) is 11.1. The quantitative estimate of drug-likeness (QED) is 0.666. The van der Waals surface area contributed by atoms with Crippen molar-refractivity contribution in [3.63, 3.8) is 0 Å². The zero-order chi connectivity index (χ0) is 19.6. The first-order chi connectivity index (χ1) is 12.8. The summed E-state index contributed by atoms with van der Waals surface area (Å²) in [6.45, 7) is 1.32. The van der Waals surface area contributed by atoms with Crippen molar-refractivity contribution in [2.24, 2.45) is 7.05 Å². The summed E-state index contributed by atoms with van der Waals surface area (Å²) in [6.07, 6.45) is 0. The number of carbonyl (C=O) groups is 1. The molecule has 1 heterocycles. The first-order valence-electron chi connectivity index (χ1n) is 8.59. The Morgan fingerprint density at radius 2 is 1.81 bits per heavy atom. The van der Waals surface area contributed by atoms with Gasteiger partial charge in [0.1, 0.15) is 0 Å². The van der Waals surface area contributed by atoms with Gasteiger partial charge in [-0.15, -0.1) is 0 Å². The lowest BCUT2D eigenvalue weighted by Crippen LogP contribution is -2.23. The van der Waals surface area contributed by atoms with Crippen LogP contribution in [-0.2, 0) is 20.1 Å². The average molecular weight is 382 g/mol. The third-order valence-electron chi connectivity index (χ3n) is 4.34. The van der Waals surface area contributed by atoms with E-state index in [2.05, 4.69) is 27.3 Å². The molecule has 0 bridgehead atoms. The minimum atomic E-state index is -0.200. The van der Waals surface area contributed by atoms with Crippen LogP contribution in [0.4, 0.5) is 0 Å². The van der Waals surface area contributed by atoms with E-state index in [-0.39, 0.29) is 11.5 Å². The highest BCUT2D eigenvalue weighted by Gasteiger charge is 2.09. The number of fused-ring (bicyclic) bond motifs is 1. The number of amides is 1. The Morgan fingerprint density at radius 1 is 1.15 bits per heavy atom. The molecule has 3 aromatic rings. The third-order valence-corrected chi connectivity index (χ3v) is 4.71. The molecule has 0 fully saturated rings. The smallest absolute Gasteiger partial charge is 0.261 e. The lowest BCUT2D eigenvalue weighted by atomic mass is 10.1. The molecule has 2 aromatic carbocycles. The molecule has 140 valence electrons. The molecule has 0 saturated heterocycles. The standard InChI is InChI=1S/C20H22N4O2S/c1-23(2)12-14-6-4-13(5-7-14)11-21-18(25)15-8-9-16-17(10-15)22-20(27)24(3)19(16)26/h4-10H,11-12H2,1-3H3,(H,21,25)(H,22,27). The van der Waals surface area contributed by atoms with Crippen molar-refractivity contribution in [3.05, 3.63) is 74.3 Å². The number of nitrogens with zero attached hydrogens (tertiary/aromatic N) is 2. The van der Waals surface area contributed by atoms with Crippen molar-refractivity contribution in [2.45, 2.75) is 13.1 Å². The molecule has 0 aliphatic rings. The van der Waals surface area contributed by atoms with Crippen LogP contribution in [0, 0.1) is 4.77 Å². The number of nitrogens with one attached hydrogen (secondary N) is 2. The molecule has 6 nitrogen and oxygen atoms in total. The van der Waals surface area contributed by atoms with Crippen LogP contribution in [0.2, 0.25) is 0 Å². The molecule has 7 heteroatoms. The third kappa shape index (κ3) is 4.32. The number of H-pyrrole nitrogens is 1. The molecule has 0 aliphatic carbocycles. The Balaban J connectivity index is 1.73. The fourth-order valence-electron chi connectivity index (χ4n) is 2.86. The van der Waals surface area contributed by atoms with Gasteiger partial charge in [-0.05, 0) is 55.6 Å². The highest BCUT2D eigenvalue weighted by molar-refractivity contribution is 7.71. The summed E-state index contributed by atoms with van der Waals surface area (Å²) in [5, 5.41) is 3.41. The maximum Gasteiger partial charge on any atom is 0.261 e. The van der Waals surface area contributed by atoms with Crippen LogP contribution in [0.1, 0.15) is 21.5 Å². The first-order valence-corrected chi connectivity index (χ1v) is 9.00. The van der Waals surface area contributed by atoms with Crippen molar-refractivity contribution < 1.29 is 4.79 Å². The van der Waals surface area contributed by atoms with E-state index in [1.165, 1.54) is 10.1 Å². The molecule has 3 rings (SSSR count). The molecule has 27 heavy (non-hydrogen) atoms. The number of carbonyl (C=O) groups excluding carboxylic acids is 1. The Bertz CT molecular complexity index is 1100. The highest BCUT2D eigenvalue weighted by Crippen LogP contribution is 2.11. The van der Waals surface area contributed by atoms with Gasteiger partial charge >= 0.3 is 0 Å². The molecule has 1 aromatic heterocycles. The molecule has 0 radical (unpaired) electrons. The van der Waals surface area contributed by atoms with Gasteiger partial charge in [-0.3, -0.25) is 14.2 Å². The molecule has 0 atom stereocenters. The van der Waals surface area contributed by atoms with Crippen molar-refractivity contribution in [1.82, 2.24) is 19.8 Å². The lowest BCUT2D eigenvalue weighted by molar-refractivity contribution is 0.0951. The second-order valence-electron chi connectivity index (χ2n) is 6.79. The first kappa shape index (κ1) is 19.0. The summed E-state index contributed by atoms with van der Waals surface area (Å²) in [7, 11) is 5.67. The zero-order valence-corrected chi connectivity index (χ0v) is 16.4. The summed E-state index contributed by atoms with van der Waals surface area (Å²) in [5.41, 5.74) is 3.11. The molecule has 2 N–H and O–H groups in total. The van der Waals surface area contributed by atoms with Gasteiger partial charge in [-0.1, -0.05) is 24.3 Å². The molecule has 1 amide bonds. The minimum Gasteiger partial charge on any atom is -0.348 e. The Morgan fingerprint density at radius 3 is 2.48 bits per heavy atom. The van der Waals surface area contributed by atoms with Gasteiger partial charge in [0.05, 0.1) is 10.9 Å². The fraction of sp³-hybridized carbons (Fsp3) is 0.250. The molecular formula is C20H22N4O2S. The van der Waals surface area contributed by atoms with Gasteiger partial charge in [0.25, 0.3) is 11.5 Å². The van der Waals surface area contributed by atoms with E-state index in [0.717, 1.165) is 12.1 Å². The van der Waals surface area contributed by atoms with E-state index < -0.39 is 0 Å². The predicted molar refractivity (Wildman–Crippen MR) is 109 cm³/mol. The second kappa shape index (κ2) is 7.85. The van der Waals surface area contributed by atoms with Crippen molar-refractivity contribution in [3.8, 4) is 0 Å². The van der Waals surface area contributed by atoms with E-state index in [1.54, 1.807) is 25.2 Å². The molecular weight excluding hydrogens is 360 g/mol. The minimum absolute atomic E-state index is 0.182. The van der Waals surface area contributed by atoms with Gasteiger partial charge in [0.2, 0.25) is 0 Å². The Hall–Kier alpha value is -2.77. The van der Waals surface area contributed by atoms with E-state index >= 15 is 0 Å². The summed E-state index contributed by atoms with van der Waals surface area (Å²) >= 11 is 5.13. The van der Waals surface area contributed by atoms with Gasteiger partial charge in [0, 0.05) is 25.7 Å². The number of hydrogen-bond donors (Lipinski definition) is 2. The monoisotopic (exact) mass is 382 g/mol. The summed E-state index contributed by atoms with van der Waals surface area (Å²) < 4.78 is 1.69. The van der Waals surface area contributed by atoms with Crippen LogP contribution in [0.5, 0.6) is 0 Å². The van der Waals surface area contributed by atoms with E-state index in [9.17, 15) is 9.59 Å². The van der Waals surface area contributed by atoms with E-state index in [0.29, 0.717) is 27.8 Å². The van der Waals surface area contributed by atoms with Gasteiger partial charge in [0.15, 0.2) is 4.77 Å². The van der Waals surface area contributed by atoms with Gasteiger partial charge < -0.3 is 15.2 Å². The molecule has 0 aliphatic heterocycles. The van der Waals surface area contributed by atoms with Crippen LogP contribution < -0.4 is 10.9 Å². The SMILES string of the molecule is CN(C)Cc1ccc(CNC(=O)c2ccc3c(=O)n(C)c(=S)[nH]c3c2)cc1. The second-order valence-corrected chi connectivity index (χ2v) is 7.18. The van der Waals surface area contributed by atoms with Gasteiger partial charge in [-0.2, -0.15) is 0 Å². The van der Waals surface area contributed by atoms with Crippen LogP contribution in [0.25, 0.3) is 10.9 Å². The molecule has 0 spiro atoms. The van der Waals surface area contributed by atoms with Crippen LogP contribution in [0.3, 0.4) is 0 Å². The highest BCUT2D eigenvalue weighted by atomic mass is 32.1. The number of benzene rings is 2. The van der Waals surface area contributed by atoms with E-state index in [1.807, 2.05) is 26.2 Å². The maximum atomic E-state index is 12.5. The predicted octanol–water partition coefficient (Wildman–Crippen LogP) is 2.59. The Labute approximate surface area is 162 Å². The lowest BCUT2D eigenvalue weighted by Gasteiger charge is -2.11. The van der Waals surface area contributed by atoms with Gasteiger partial charge in [-0.25, -0.2) is 0 Å². The van der Waals surface area contributed by atoms with E-state index in [4.69, 9.17) is 12.2 Å². The maximum absolute atomic E-state index is 12.5. The largest absolute Gasteiger partial charge is 0.348 e. The topological polar surface area (TPSA) is 70.1 Å². The van der Waals surface area contributed by atoms with Crippen molar-refractivity contribution >= 4 is 29.0 Å². The average Bonchev–Trinajstić information content (AvgIpc) is 2.64. The summed E-state index contributed by atoms with van der Waals surface area (Å²) in [6, 6.07) is 13.1. The van der Waals surface area contributed by atoms with Crippen LogP contribution in [-0.4, -0.2) is 34.5 Å². The van der Waals surface area contributed by atoms with Crippen LogP contribution >= 0.6 is 12.2 Å². The molecule has 0 unspecified atom stereocenters. The zero-order valence-electron chi connectivity index (χ0n) is 15.6. The number of aromatic nitrogens is 2. The number of aromatic amines is 1. The van der Waals surface area contributed by atoms with Crippen molar-refractivity contribution in [1.29, 1.82) is 0 Å². The number of rotatable bonds is 5. The summed E-state index contributed by atoms with van der Waals surface area (Å²) in [5.74, 6) is -0.200. The van der Waals surface area contributed by atoms with Crippen LogP contribution in [0.15, 0.2) is 47.3 Å². The number of hydrogen-bond acceptors (Lipinski definition) is 4. The van der Waals surface area contributed by atoms with Crippen molar-refractivity contribution in [2.75, 3.05) is 14.1 Å². The molecule has 0 saturated carbocycles. The fourth-order valence-corrected chi connectivity index (χ4v) is 3.05.